The summed E-state index contributed by atoms with van der Waals surface area (Å²) in [5.74, 6) is 0. The third-order valence-corrected chi connectivity index (χ3v) is 8.83. The van der Waals surface area contributed by atoms with Gasteiger partial charge in [-0.25, -0.2) is 0 Å². The number of furan rings is 3. The summed E-state index contributed by atoms with van der Waals surface area (Å²) in [7, 11) is 0. The quantitative estimate of drug-likeness (QED) is 0.214. The molecule has 3 aromatic heterocycles. The number of hydrogen-bond acceptors (Lipinski definition) is 4. The molecule has 0 aliphatic heterocycles. The zero-order valence-corrected chi connectivity index (χ0v) is 23.5. The van der Waals surface area contributed by atoms with Gasteiger partial charge in [-0.15, -0.1) is 0 Å². The van der Waals surface area contributed by atoms with Crippen molar-refractivity contribution in [2.45, 2.75) is 0 Å². The van der Waals surface area contributed by atoms with E-state index in [9.17, 15) is 0 Å². The van der Waals surface area contributed by atoms with E-state index in [-0.39, 0.29) is 0 Å². The van der Waals surface area contributed by atoms with Gasteiger partial charge in [-0.2, -0.15) is 0 Å². The van der Waals surface area contributed by atoms with Gasteiger partial charge in [-0.1, -0.05) is 78.9 Å². The highest BCUT2D eigenvalue weighted by Crippen LogP contribution is 2.48. The van der Waals surface area contributed by atoms with Crippen molar-refractivity contribution in [3.63, 3.8) is 0 Å². The van der Waals surface area contributed by atoms with Gasteiger partial charge in [0.05, 0.1) is 11.4 Å². The van der Waals surface area contributed by atoms with Crippen LogP contribution < -0.4 is 4.90 Å². The molecular formula is C40H23NO3. The van der Waals surface area contributed by atoms with Crippen LogP contribution in [0.5, 0.6) is 0 Å². The molecule has 0 bridgehead atoms. The molecule has 4 heteroatoms. The maximum absolute atomic E-state index is 6.71. The molecule has 0 unspecified atom stereocenters. The van der Waals surface area contributed by atoms with Crippen LogP contribution in [0.3, 0.4) is 0 Å². The molecule has 0 amide bonds. The number of fused-ring (bicyclic) bond motifs is 10. The van der Waals surface area contributed by atoms with Crippen LogP contribution in [0.2, 0.25) is 0 Å². The van der Waals surface area contributed by atoms with E-state index < -0.39 is 0 Å². The van der Waals surface area contributed by atoms with Gasteiger partial charge < -0.3 is 18.2 Å². The number of anilines is 3. The predicted octanol–water partition coefficient (Wildman–Crippen LogP) is 12.0. The summed E-state index contributed by atoms with van der Waals surface area (Å²) < 4.78 is 19.3. The third kappa shape index (κ3) is 3.28. The van der Waals surface area contributed by atoms with E-state index in [1.54, 1.807) is 0 Å². The first-order valence-corrected chi connectivity index (χ1v) is 14.8. The molecule has 206 valence electrons. The molecule has 10 aromatic rings. The lowest BCUT2D eigenvalue weighted by atomic mass is 10.0. The van der Waals surface area contributed by atoms with Gasteiger partial charge in [0.25, 0.3) is 0 Å². The van der Waals surface area contributed by atoms with Crippen LogP contribution in [0.15, 0.2) is 153 Å². The van der Waals surface area contributed by atoms with Crippen LogP contribution in [-0.2, 0) is 0 Å². The van der Waals surface area contributed by atoms with Gasteiger partial charge in [0.2, 0.25) is 0 Å². The lowest BCUT2D eigenvalue weighted by Gasteiger charge is -2.27. The Labute approximate surface area is 250 Å². The molecule has 0 aliphatic carbocycles. The smallest absolute Gasteiger partial charge is 0.160 e. The van der Waals surface area contributed by atoms with Gasteiger partial charge in [-0.05, 0) is 60.0 Å². The molecule has 3 heterocycles. The molecule has 44 heavy (non-hydrogen) atoms. The van der Waals surface area contributed by atoms with Gasteiger partial charge in [0.1, 0.15) is 27.9 Å². The second kappa shape index (κ2) is 8.76. The summed E-state index contributed by atoms with van der Waals surface area (Å²) in [6, 6.07) is 48.3. The van der Waals surface area contributed by atoms with Gasteiger partial charge >= 0.3 is 0 Å². The minimum Gasteiger partial charge on any atom is -0.456 e. The van der Waals surface area contributed by atoms with Crippen molar-refractivity contribution in [3.8, 4) is 0 Å². The zero-order chi connectivity index (χ0) is 28.8. The number of benzene rings is 7. The Hall–Kier alpha value is -6.00. The number of hydrogen-bond donors (Lipinski definition) is 0. The lowest BCUT2D eigenvalue weighted by molar-refractivity contribution is 0.667. The van der Waals surface area contributed by atoms with E-state index in [4.69, 9.17) is 13.3 Å². The van der Waals surface area contributed by atoms with E-state index in [1.165, 1.54) is 0 Å². The van der Waals surface area contributed by atoms with E-state index in [0.29, 0.717) is 0 Å². The van der Waals surface area contributed by atoms with Crippen LogP contribution in [0, 0.1) is 0 Å². The maximum atomic E-state index is 6.71. The largest absolute Gasteiger partial charge is 0.456 e. The number of rotatable bonds is 3. The van der Waals surface area contributed by atoms with Crippen molar-refractivity contribution in [3.05, 3.63) is 140 Å². The summed E-state index contributed by atoms with van der Waals surface area (Å²) in [5, 5.41) is 8.77. The van der Waals surface area contributed by atoms with Crippen LogP contribution in [-0.4, -0.2) is 0 Å². The lowest BCUT2D eigenvalue weighted by Crippen LogP contribution is -2.11. The molecule has 0 atom stereocenters. The second-order valence-corrected chi connectivity index (χ2v) is 11.3. The Balaban J connectivity index is 1.34. The molecule has 0 saturated heterocycles. The number of nitrogens with zero attached hydrogens (tertiary/aromatic N) is 1. The fourth-order valence-electron chi connectivity index (χ4n) is 6.84. The predicted molar refractivity (Wildman–Crippen MR) is 180 cm³/mol. The SMILES string of the molecule is c1ccc2c(N(c3ccc4c(c3)oc3ccccc34)c3ccc4oc5ccccc5c4c3)c3oc4ccccc4c3cc2c1. The van der Waals surface area contributed by atoms with E-state index in [2.05, 4.69) is 108 Å². The molecule has 10 rings (SSSR count). The minimum atomic E-state index is 0.838. The van der Waals surface area contributed by atoms with Gasteiger partial charge in [0.15, 0.2) is 5.58 Å². The normalized spacial score (nSPS) is 12.1. The molecule has 0 spiro atoms. The van der Waals surface area contributed by atoms with Crippen molar-refractivity contribution in [1.29, 1.82) is 0 Å². The Kier molecular flexibility index (Phi) is 4.69. The van der Waals surface area contributed by atoms with E-state index >= 15 is 0 Å². The molecule has 0 radical (unpaired) electrons. The molecule has 0 fully saturated rings. The Bertz CT molecular complexity index is 2740. The maximum Gasteiger partial charge on any atom is 0.160 e. The highest BCUT2D eigenvalue weighted by atomic mass is 16.3. The van der Waals surface area contributed by atoms with Crippen molar-refractivity contribution >= 4 is 93.7 Å². The molecule has 0 N–H and O–H groups in total. The average molecular weight is 566 g/mol. The molecular weight excluding hydrogens is 542 g/mol. The van der Waals surface area contributed by atoms with Crippen molar-refractivity contribution in [2.24, 2.45) is 0 Å². The molecule has 7 aromatic carbocycles. The van der Waals surface area contributed by atoms with Crippen molar-refractivity contribution in [2.75, 3.05) is 4.90 Å². The van der Waals surface area contributed by atoms with E-state index in [0.717, 1.165) is 93.7 Å². The Morgan fingerprint density at radius 1 is 0.341 bits per heavy atom. The highest BCUT2D eigenvalue weighted by Gasteiger charge is 2.24. The summed E-state index contributed by atoms with van der Waals surface area (Å²) >= 11 is 0. The first-order valence-electron chi connectivity index (χ1n) is 14.8. The molecule has 0 aliphatic rings. The summed E-state index contributed by atoms with van der Waals surface area (Å²) in [5.41, 5.74) is 8.10. The first kappa shape index (κ1) is 23.6. The van der Waals surface area contributed by atoms with Gasteiger partial charge in [-0.3, -0.25) is 0 Å². The monoisotopic (exact) mass is 565 g/mol. The molecule has 0 saturated carbocycles. The summed E-state index contributed by atoms with van der Waals surface area (Å²) in [6.45, 7) is 0. The van der Waals surface area contributed by atoms with Crippen molar-refractivity contribution in [1.82, 2.24) is 0 Å². The summed E-state index contributed by atoms with van der Waals surface area (Å²) in [6.07, 6.45) is 0. The summed E-state index contributed by atoms with van der Waals surface area (Å²) in [4.78, 5) is 2.31. The average Bonchev–Trinajstić information content (AvgIpc) is 3.75. The van der Waals surface area contributed by atoms with Crippen LogP contribution in [0.4, 0.5) is 17.1 Å². The minimum absolute atomic E-state index is 0.838. The van der Waals surface area contributed by atoms with Crippen molar-refractivity contribution < 1.29 is 13.3 Å². The fraction of sp³-hybridized carbons (Fsp3) is 0. The van der Waals surface area contributed by atoms with Crippen LogP contribution in [0.25, 0.3) is 76.6 Å². The second-order valence-electron chi connectivity index (χ2n) is 11.3. The first-order chi connectivity index (χ1) is 21.8. The standard InChI is InChI=1S/C40H23NO3/c1-2-10-27-24(9-1)21-33-30-13-5-8-16-36(30)44-40(33)39(27)41(25-18-20-37-32(22-25)29-12-4-7-15-35(29)42-37)26-17-19-31-28-11-3-6-14-34(28)43-38(31)23-26/h1-23H. The zero-order valence-electron chi connectivity index (χ0n) is 23.5. The Morgan fingerprint density at radius 2 is 0.864 bits per heavy atom. The third-order valence-electron chi connectivity index (χ3n) is 8.83. The van der Waals surface area contributed by atoms with Crippen LogP contribution >= 0.6 is 0 Å². The molecule has 4 nitrogen and oxygen atoms in total. The van der Waals surface area contributed by atoms with Crippen LogP contribution in [0.1, 0.15) is 0 Å². The topological polar surface area (TPSA) is 42.7 Å². The van der Waals surface area contributed by atoms with Gasteiger partial charge in [0, 0.05) is 49.5 Å². The highest BCUT2D eigenvalue weighted by molar-refractivity contribution is 6.20. The van der Waals surface area contributed by atoms with E-state index in [1.807, 2.05) is 36.4 Å². The number of para-hydroxylation sites is 3. The fourth-order valence-corrected chi connectivity index (χ4v) is 6.84. The Morgan fingerprint density at radius 3 is 1.64 bits per heavy atom.